The molecule has 0 spiro atoms. The van der Waals surface area contributed by atoms with Gasteiger partial charge in [-0.05, 0) is 18.6 Å². The molecule has 0 saturated carbocycles. The Hall–Kier alpha value is -3.67. The first-order valence-electron chi connectivity index (χ1n) is 9.54. The smallest absolute Gasteiger partial charge is 0.197 e. The molecule has 6 heteroatoms. The lowest BCUT2D eigenvalue weighted by molar-refractivity contribution is 0.527. The van der Waals surface area contributed by atoms with Crippen molar-refractivity contribution in [3.8, 4) is 11.3 Å². The number of halogens is 1. The molecule has 3 heterocycles. The molecule has 29 heavy (non-hydrogen) atoms. The van der Waals surface area contributed by atoms with Crippen LogP contribution in [0.5, 0.6) is 0 Å². The molecule has 0 aliphatic rings. The molecule has 3 aromatic heterocycles. The van der Waals surface area contributed by atoms with Crippen LogP contribution >= 0.6 is 0 Å². The van der Waals surface area contributed by atoms with Gasteiger partial charge in [-0.15, -0.1) is 0 Å². The van der Waals surface area contributed by atoms with Gasteiger partial charge < -0.3 is 4.57 Å². The van der Waals surface area contributed by atoms with E-state index in [1.54, 1.807) is 18.7 Å². The van der Waals surface area contributed by atoms with E-state index in [9.17, 15) is 4.39 Å². The fraction of sp³-hybridized carbons (Fsp3) is 0.130. The van der Waals surface area contributed by atoms with Crippen molar-refractivity contribution in [3.05, 3.63) is 84.7 Å². The predicted molar refractivity (Wildman–Crippen MR) is 111 cm³/mol. The number of imidazole rings is 1. The van der Waals surface area contributed by atoms with Crippen LogP contribution in [0.1, 0.15) is 24.9 Å². The van der Waals surface area contributed by atoms with Crippen LogP contribution in [0.3, 0.4) is 0 Å². The van der Waals surface area contributed by atoms with Crippen LogP contribution in [0.4, 0.5) is 4.39 Å². The van der Waals surface area contributed by atoms with E-state index < -0.39 is 0 Å². The minimum Gasteiger partial charge on any atom is -0.306 e. The van der Waals surface area contributed by atoms with E-state index in [-0.39, 0.29) is 11.9 Å². The molecule has 0 radical (unpaired) electrons. The lowest BCUT2D eigenvalue weighted by atomic mass is 10.0. The summed E-state index contributed by atoms with van der Waals surface area (Å²) in [6, 6.07) is 16.8. The molecule has 0 fully saturated rings. The molecule has 1 atom stereocenters. The average Bonchev–Trinajstić information content (AvgIpc) is 3.18. The summed E-state index contributed by atoms with van der Waals surface area (Å²) in [7, 11) is 0. The zero-order valence-corrected chi connectivity index (χ0v) is 15.8. The van der Waals surface area contributed by atoms with Crippen LogP contribution in [0.25, 0.3) is 33.5 Å². The lowest BCUT2D eigenvalue weighted by Crippen LogP contribution is -2.11. The SMILES string of the molecule is CCC(c1cc2cccnc2cc1F)n1cnc2ncc(-c3ccccc3)nc21. The topological polar surface area (TPSA) is 56.5 Å². The number of pyridine rings is 1. The Morgan fingerprint density at radius 2 is 1.86 bits per heavy atom. The Bertz CT molecular complexity index is 1310. The third-order valence-corrected chi connectivity index (χ3v) is 5.16. The highest BCUT2D eigenvalue weighted by Gasteiger charge is 2.20. The van der Waals surface area contributed by atoms with Crippen molar-refractivity contribution in [1.82, 2.24) is 24.5 Å². The van der Waals surface area contributed by atoms with Gasteiger partial charge in [-0.2, -0.15) is 0 Å². The molecule has 0 aliphatic carbocycles. The summed E-state index contributed by atoms with van der Waals surface area (Å²) in [5.74, 6) is -0.280. The Labute approximate surface area is 166 Å². The van der Waals surface area contributed by atoms with Crippen molar-refractivity contribution < 1.29 is 4.39 Å². The summed E-state index contributed by atoms with van der Waals surface area (Å²) in [5, 5.41) is 0.905. The lowest BCUT2D eigenvalue weighted by Gasteiger charge is -2.19. The number of rotatable bonds is 4. The maximum Gasteiger partial charge on any atom is 0.197 e. The predicted octanol–water partition coefficient (Wildman–Crippen LogP) is 5.18. The molecule has 0 N–H and O–H groups in total. The van der Waals surface area contributed by atoms with Crippen molar-refractivity contribution in [1.29, 1.82) is 0 Å². The van der Waals surface area contributed by atoms with E-state index in [2.05, 4.69) is 15.0 Å². The fourth-order valence-electron chi connectivity index (χ4n) is 3.72. The maximum absolute atomic E-state index is 15.0. The van der Waals surface area contributed by atoms with Gasteiger partial charge in [-0.3, -0.25) is 4.98 Å². The Morgan fingerprint density at radius 3 is 2.69 bits per heavy atom. The van der Waals surface area contributed by atoms with Crippen molar-refractivity contribution in [2.45, 2.75) is 19.4 Å². The van der Waals surface area contributed by atoms with Crippen molar-refractivity contribution in [2.24, 2.45) is 0 Å². The second-order valence-electron chi connectivity index (χ2n) is 6.91. The minimum absolute atomic E-state index is 0.245. The molecule has 2 aromatic carbocycles. The monoisotopic (exact) mass is 383 g/mol. The zero-order valence-electron chi connectivity index (χ0n) is 15.8. The normalized spacial score (nSPS) is 12.5. The number of fused-ring (bicyclic) bond motifs is 2. The van der Waals surface area contributed by atoms with Gasteiger partial charge in [-0.25, -0.2) is 19.3 Å². The van der Waals surface area contributed by atoms with Crippen molar-refractivity contribution in [3.63, 3.8) is 0 Å². The highest BCUT2D eigenvalue weighted by atomic mass is 19.1. The zero-order chi connectivity index (χ0) is 19.8. The van der Waals surface area contributed by atoms with Crippen LogP contribution in [-0.2, 0) is 0 Å². The van der Waals surface area contributed by atoms with Gasteiger partial charge in [0.25, 0.3) is 0 Å². The summed E-state index contributed by atoms with van der Waals surface area (Å²) in [6.07, 6.45) is 5.77. The minimum atomic E-state index is -0.280. The Balaban J connectivity index is 1.66. The van der Waals surface area contributed by atoms with Gasteiger partial charge in [0, 0.05) is 28.8 Å². The average molecular weight is 383 g/mol. The van der Waals surface area contributed by atoms with E-state index in [1.165, 1.54) is 6.07 Å². The second-order valence-corrected chi connectivity index (χ2v) is 6.91. The summed E-state index contributed by atoms with van der Waals surface area (Å²) in [4.78, 5) is 17.9. The number of benzene rings is 2. The summed E-state index contributed by atoms with van der Waals surface area (Å²) in [5.41, 5.74) is 4.17. The molecular weight excluding hydrogens is 365 g/mol. The Kier molecular flexibility index (Phi) is 4.24. The van der Waals surface area contributed by atoms with Gasteiger partial charge in [-0.1, -0.05) is 43.3 Å². The highest BCUT2D eigenvalue weighted by molar-refractivity contribution is 5.79. The molecule has 0 amide bonds. The molecule has 0 aliphatic heterocycles. The summed E-state index contributed by atoms with van der Waals surface area (Å²) >= 11 is 0. The quantitative estimate of drug-likeness (QED) is 0.429. The first-order valence-corrected chi connectivity index (χ1v) is 9.54. The highest BCUT2D eigenvalue weighted by Crippen LogP contribution is 2.30. The number of nitrogens with zero attached hydrogens (tertiary/aromatic N) is 5. The Morgan fingerprint density at radius 1 is 1.00 bits per heavy atom. The fourth-order valence-corrected chi connectivity index (χ4v) is 3.72. The van der Waals surface area contributed by atoms with Crippen LogP contribution in [0.15, 0.2) is 73.3 Å². The third-order valence-electron chi connectivity index (χ3n) is 5.16. The first-order chi connectivity index (χ1) is 14.2. The molecule has 0 bridgehead atoms. The molecule has 5 rings (SSSR count). The van der Waals surface area contributed by atoms with Crippen LogP contribution < -0.4 is 0 Å². The van der Waals surface area contributed by atoms with E-state index in [4.69, 9.17) is 4.98 Å². The summed E-state index contributed by atoms with van der Waals surface area (Å²) < 4.78 is 16.9. The van der Waals surface area contributed by atoms with Crippen LogP contribution in [-0.4, -0.2) is 24.5 Å². The third kappa shape index (κ3) is 3.02. The van der Waals surface area contributed by atoms with Crippen LogP contribution in [0.2, 0.25) is 0 Å². The molecule has 0 saturated heterocycles. The van der Waals surface area contributed by atoms with Gasteiger partial charge in [0.1, 0.15) is 5.82 Å². The maximum atomic E-state index is 15.0. The molecule has 142 valence electrons. The molecular formula is C23H18FN5. The first kappa shape index (κ1) is 17.4. The standard InChI is InChI=1S/C23H18FN5/c1-2-21(17-11-16-9-6-10-25-19(16)12-18(17)24)29-14-27-22-23(29)28-20(13-26-22)15-7-4-3-5-8-15/h3-14,21H,2H2,1H3. The van der Waals surface area contributed by atoms with Crippen molar-refractivity contribution in [2.75, 3.05) is 0 Å². The van der Waals surface area contributed by atoms with Crippen molar-refractivity contribution >= 4 is 22.2 Å². The largest absolute Gasteiger partial charge is 0.306 e. The van der Waals surface area contributed by atoms with Crippen LogP contribution in [0, 0.1) is 5.82 Å². The summed E-state index contributed by atoms with van der Waals surface area (Å²) in [6.45, 7) is 2.03. The van der Waals surface area contributed by atoms with Gasteiger partial charge in [0.15, 0.2) is 11.3 Å². The van der Waals surface area contributed by atoms with Gasteiger partial charge in [0.2, 0.25) is 0 Å². The molecule has 5 nitrogen and oxygen atoms in total. The van der Waals surface area contributed by atoms with E-state index in [1.807, 2.05) is 60.0 Å². The van der Waals surface area contributed by atoms with Gasteiger partial charge >= 0.3 is 0 Å². The molecule has 1 unspecified atom stereocenters. The van der Waals surface area contributed by atoms with E-state index in [0.29, 0.717) is 28.8 Å². The number of aromatic nitrogens is 5. The second kappa shape index (κ2) is 7.05. The number of hydrogen-bond donors (Lipinski definition) is 0. The van der Waals surface area contributed by atoms with Gasteiger partial charge in [0.05, 0.1) is 29.8 Å². The number of hydrogen-bond acceptors (Lipinski definition) is 4. The van der Waals surface area contributed by atoms with E-state index >= 15 is 0 Å². The molecule has 5 aromatic rings. The van der Waals surface area contributed by atoms with E-state index in [0.717, 1.165) is 16.6 Å².